The molecule has 0 aliphatic rings. The number of benzene rings is 1. The van der Waals surface area contributed by atoms with Gasteiger partial charge in [0.25, 0.3) is 0 Å². The smallest absolute Gasteiger partial charge is 0.336 e. The third kappa shape index (κ3) is 1.50. The van der Waals surface area contributed by atoms with Gasteiger partial charge in [-0.2, -0.15) is 0 Å². The molecule has 2 rings (SSSR count). The van der Waals surface area contributed by atoms with E-state index < -0.39 is 5.97 Å². The summed E-state index contributed by atoms with van der Waals surface area (Å²) in [6.45, 7) is 1.65. The van der Waals surface area contributed by atoms with E-state index >= 15 is 0 Å². The number of hydrogen-bond acceptors (Lipinski definition) is 3. The van der Waals surface area contributed by atoms with E-state index in [9.17, 15) is 9.59 Å². The first-order valence-corrected chi connectivity index (χ1v) is 4.36. The highest BCUT2D eigenvalue weighted by atomic mass is 16.4. The topological polar surface area (TPSA) is 67.5 Å². The van der Waals surface area contributed by atoms with Gasteiger partial charge in [0.15, 0.2) is 5.43 Å². The lowest BCUT2D eigenvalue weighted by Gasteiger charge is -2.01. The summed E-state index contributed by atoms with van der Waals surface area (Å²) in [5.41, 5.74) is -0.0482. The first-order chi connectivity index (χ1) is 7.09. The van der Waals surface area contributed by atoms with Crippen molar-refractivity contribution in [3.63, 3.8) is 0 Å². The summed E-state index contributed by atoms with van der Waals surface area (Å²) >= 11 is 0. The van der Waals surface area contributed by atoms with Crippen molar-refractivity contribution in [3.8, 4) is 0 Å². The summed E-state index contributed by atoms with van der Waals surface area (Å²) in [6, 6.07) is 5.80. The molecular weight excluding hydrogens is 196 g/mol. The average Bonchev–Trinajstić information content (AvgIpc) is 2.16. The predicted molar refractivity (Wildman–Crippen MR) is 54.2 cm³/mol. The molecule has 76 valence electrons. The zero-order valence-electron chi connectivity index (χ0n) is 7.98. The third-order valence-electron chi connectivity index (χ3n) is 2.11. The highest BCUT2D eigenvalue weighted by molar-refractivity contribution is 6.01. The molecule has 2 aromatic rings. The van der Waals surface area contributed by atoms with Crippen molar-refractivity contribution in [1.82, 2.24) is 0 Å². The number of carboxylic acid groups (broad SMARTS) is 1. The number of aryl methyl sites for hydroxylation is 1. The standard InChI is InChI=1S/C11H8O4/c1-6-5-8(12)10-7(11(13)14)3-2-4-9(10)15-6/h2-5H,1H3,(H,13,14). The summed E-state index contributed by atoms with van der Waals surface area (Å²) in [7, 11) is 0. The first kappa shape index (κ1) is 9.45. The van der Waals surface area contributed by atoms with Gasteiger partial charge in [0.2, 0.25) is 0 Å². The second kappa shape index (κ2) is 3.24. The van der Waals surface area contributed by atoms with Crippen LogP contribution in [0.2, 0.25) is 0 Å². The van der Waals surface area contributed by atoms with E-state index in [2.05, 4.69) is 0 Å². The fraction of sp³-hybridized carbons (Fsp3) is 0.0909. The molecular formula is C11H8O4. The summed E-state index contributed by atoms with van der Waals surface area (Å²) in [4.78, 5) is 22.5. The Hall–Kier alpha value is -2.10. The maximum atomic E-state index is 11.6. The van der Waals surface area contributed by atoms with Crippen LogP contribution in [0.1, 0.15) is 16.1 Å². The van der Waals surface area contributed by atoms with Gasteiger partial charge in [-0.05, 0) is 19.1 Å². The van der Waals surface area contributed by atoms with Crippen LogP contribution in [0.15, 0.2) is 33.5 Å². The number of carbonyl (C=O) groups is 1. The molecule has 4 heteroatoms. The van der Waals surface area contributed by atoms with Crippen LogP contribution in [-0.2, 0) is 0 Å². The van der Waals surface area contributed by atoms with Crippen LogP contribution in [0.5, 0.6) is 0 Å². The van der Waals surface area contributed by atoms with Crippen LogP contribution in [0, 0.1) is 6.92 Å². The molecule has 0 unspecified atom stereocenters. The lowest BCUT2D eigenvalue weighted by Crippen LogP contribution is -2.07. The molecule has 4 nitrogen and oxygen atoms in total. The molecule has 15 heavy (non-hydrogen) atoms. The number of hydrogen-bond donors (Lipinski definition) is 1. The molecule has 0 aliphatic heterocycles. The monoisotopic (exact) mass is 204 g/mol. The van der Waals surface area contributed by atoms with E-state index in [1.54, 1.807) is 19.1 Å². The quantitative estimate of drug-likeness (QED) is 0.769. The summed E-state index contributed by atoms with van der Waals surface area (Å²) in [6.07, 6.45) is 0. The SMILES string of the molecule is Cc1cc(=O)c2c(C(=O)O)cccc2o1. The molecule has 0 saturated carbocycles. The zero-order chi connectivity index (χ0) is 11.0. The second-order valence-corrected chi connectivity index (χ2v) is 3.21. The minimum absolute atomic E-state index is 0.0266. The molecule has 0 bridgehead atoms. The van der Waals surface area contributed by atoms with Crippen LogP contribution in [0.4, 0.5) is 0 Å². The molecule has 0 saturated heterocycles. The average molecular weight is 204 g/mol. The molecule has 0 amide bonds. The molecule has 1 N–H and O–H groups in total. The van der Waals surface area contributed by atoms with Gasteiger partial charge in [-0.3, -0.25) is 4.79 Å². The second-order valence-electron chi connectivity index (χ2n) is 3.21. The summed E-state index contributed by atoms with van der Waals surface area (Å²) in [5, 5.41) is 9.02. The molecule has 0 radical (unpaired) electrons. The Balaban J connectivity index is 2.98. The Bertz CT molecular complexity index is 595. The van der Waals surface area contributed by atoms with Gasteiger partial charge in [0.05, 0.1) is 10.9 Å². The lowest BCUT2D eigenvalue weighted by atomic mass is 10.1. The van der Waals surface area contributed by atoms with Gasteiger partial charge >= 0.3 is 5.97 Å². The van der Waals surface area contributed by atoms with Gasteiger partial charge in [0.1, 0.15) is 11.3 Å². The summed E-state index contributed by atoms with van der Waals surface area (Å²) in [5.74, 6) is -0.660. The molecule has 1 aromatic carbocycles. The van der Waals surface area contributed by atoms with Gasteiger partial charge in [-0.25, -0.2) is 4.79 Å². The zero-order valence-corrected chi connectivity index (χ0v) is 7.98. The number of fused-ring (bicyclic) bond motifs is 1. The van der Waals surface area contributed by atoms with Crippen LogP contribution < -0.4 is 5.43 Å². The van der Waals surface area contributed by atoms with E-state index in [0.29, 0.717) is 11.3 Å². The Morgan fingerprint density at radius 3 is 2.80 bits per heavy atom. The van der Waals surface area contributed by atoms with Crippen molar-refractivity contribution in [2.45, 2.75) is 6.92 Å². The molecule has 0 spiro atoms. The Morgan fingerprint density at radius 1 is 1.40 bits per heavy atom. The Morgan fingerprint density at radius 2 is 2.13 bits per heavy atom. The first-order valence-electron chi connectivity index (χ1n) is 4.36. The van der Waals surface area contributed by atoms with E-state index in [0.717, 1.165) is 0 Å². The number of carboxylic acids is 1. The fourth-order valence-electron chi connectivity index (χ4n) is 1.51. The predicted octanol–water partition coefficient (Wildman–Crippen LogP) is 1.80. The van der Waals surface area contributed by atoms with Crippen LogP contribution >= 0.6 is 0 Å². The van der Waals surface area contributed by atoms with Gasteiger partial charge in [0, 0.05) is 6.07 Å². The van der Waals surface area contributed by atoms with Gasteiger partial charge < -0.3 is 9.52 Å². The van der Waals surface area contributed by atoms with Gasteiger partial charge in [-0.1, -0.05) is 6.07 Å². The minimum atomic E-state index is -1.13. The largest absolute Gasteiger partial charge is 0.478 e. The normalized spacial score (nSPS) is 10.5. The Labute approximate surface area is 84.8 Å². The molecule has 0 aliphatic carbocycles. The maximum Gasteiger partial charge on any atom is 0.336 e. The molecule has 1 aromatic heterocycles. The third-order valence-corrected chi connectivity index (χ3v) is 2.11. The van der Waals surface area contributed by atoms with E-state index in [4.69, 9.17) is 9.52 Å². The van der Waals surface area contributed by atoms with Crippen molar-refractivity contribution in [2.24, 2.45) is 0 Å². The molecule has 0 fully saturated rings. The van der Waals surface area contributed by atoms with Crippen LogP contribution in [0.3, 0.4) is 0 Å². The number of aromatic carboxylic acids is 1. The van der Waals surface area contributed by atoms with Crippen molar-refractivity contribution in [2.75, 3.05) is 0 Å². The van der Waals surface area contributed by atoms with Crippen molar-refractivity contribution >= 4 is 16.9 Å². The highest BCUT2D eigenvalue weighted by Gasteiger charge is 2.12. The van der Waals surface area contributed by atoms with E-state index in [-0.39, 0.29) is 16.4 Å². The molecule has 0 atom stereocenters. The van der Waals surface area contributed by atoms with Crippen molar-refractivity contribution in [3.05, 3.63) is 45.8 Å². The Kier molecular flexibility index (Phi) is 2.04. The molecule has 1 heterocycles. The van der Waals surface area contributed by atoms with E-state index in [1.807, 2.05) is 0 Å². The van der Waals surface area contributed by atoms with E-state index in [1.165, 1.54) is 12.1 Å². The van der Waals surface area contributed by atoms with Crippen LogP contribution in [0.25, 0.3) is 11.0 Å². The minimum Gasteiger partial charge on any atom is -0.478 e. The number of rotatable bonds is 1. The van der Waals surface area contributed by atoms with Crippen LogP contribution in [-0.4, -0.2) is 11.1 Å². The van der Waals surface area contributed by atoms with Crippen molar-refractivity contribution < 1.29 is 14.3 Å². The highest BCUT2D eigenvalue weighted by Crippen LogP contribution is 2.16. The maximum absolute atomic E-state index is 11.6. The van der Waals surface area contributed by atoms with Gasteiger partial charge in [-0.15, -0.1) is 0 Å². The lowest BCUT2D eigenvalue weighted by molar-refractivity contribution is 0.0699. The summed E-state index contributed by atoms with van der Waals surface area (Å²) < 4.78 is 5.27. The fourth-order valence-corrected chi connectivity index (χ4v) is 1.51. The van der Waals surface area contributed by atoms with Crippen molar-refractivity contribution in [1.29, 1.82) is 0 Å².